The largest absolute Gasteiger partial charge is 0.523 e. The highest BCUT2D eigenvalue weighted by atomic mass is 19.3. The maximum atomic E-state index is 14.6. The monoisotopic (exact) mass is 1100 g/mol. The topological polar surface area (TPSA) is 139 Å². The maximum absolute atomic E-state index is 14.6. The van der Waals surface area contributed by atoms with Gasteiger partial charge in [-0.1, -0.05) is 100 Å². The lowest BCUT2D eigenvalue weighted by Gasteiger charge is -2.69. The molecule has 0 aromatic heterocycles. The molecule has 12 rings (SSSR count). The molecule has 10 aliphatic carbocycles. The van der Waals surface area contributed by atoms with Gasteiger partial charge in [0.15, 0.2) is 17.3 Å². The van der Waals surface area contributed by atoms with Crippen molar-refractivity contribution in [1.29, 1.82) is 0 Å². The predicted molar refractivity (Wildman–Crippen MR) is 301 cm³/mol. The van der Waals surface area contributed by atoms with Gasteiger partial charge in [-0.25, -0.2) is 9.69 Å². The Morgan fingerprint density at radius 2 is 1.23 bits per heavy atom. The Labute approximate surface area is 475 Å². The summed E-state index contributed by atoms with van der Waals surface area (Å²) in [5.74, 6) is -4.99. The molecule has 2 saturated heterocycles. The molecule has 16 atom stereocenters. The normalized spacial score (nSPS) is 46.2. The summed E-state index contributed by atoms with van der Waals surface area (Å²) in [6.07, 6.45) is 17.6. The van der Waals surface area contributed by atoms with E-state index in [0.29, 0.717) is 50.6 Å². The third-order valence-corrected chi connectivity index (χ3v) is 26.6. The first-order valence-corrected chi connectivity index (χ1v) is 30.6. The summed E-state index contributed by atoms with van der Waals surface area (Å²) in [4.78, 5) is 78.6. The Kier molecular flexibility index (Phi) is 12.7. The smallest absolute Gasteiger partial charge is 0.321 e. The molecule has 0 bridgehead atoms. The van der Waals surface area contributed by atoms with Crippen molar-refractivity contribution in [3.8, 4) is 0 Å². The highest BCUT2D eigenvalue weighted by Crippen LogP contribution is 2.76. The molecule has 2 aliphatic heterocycles. The van der Waals surface area contributed by atoms with Gasteiger partial charge in [-0.15, -0.1) is 0 Å². The van der Waals surface area contributed by atoms with Crippen LogP contribution in [0.5, 0.6) is 0 Å². The molecule has 434 valence electrons. The first-order chi connectivity index (χ1) is 37.0. The molecule has 11 nitrogen and oxygen atoms in total. The van der Waals surface area contributed by atoms with E-state index in [0.717, 1.165) is 102 Å². The number of ketones is 3. The molecule has 80 heavy (non-hydrogen) atoms. The Morgan fingerprint density at radius 1 is 0.700 bits per heavy atom. The zero-order valence-electron chi connectivity index (χ0n) is 50.3. The van der Waals surface area contributed by atoms with E-state index in [-0.39, 0.29) is 109 Å². The second-order valence-electron chi connectivity index (χ2n) is 31.8. The lowest BCUT2D eigenvalue weighted by molar-refractivity contribution is -0.214. The minimum Gasteiger partial charge on any atom is -0.523 e. The number of carbonyl (C=O) groups excluding carboxylic acids is 5. The minimum absolute atomic E-state index is 0.0283. The number of Topliss-reactive ketones (excluding diaryl/α,β-unsaturated/α-hetero) is 1. The number of hydrogen-bond donors (Lipinski definition) is 2. The molecule has 0 radical (unpaired) electrons. The third-order valence-electron chi connectivity index (χ3n) is 26.6. The number of hydrogen-bond acceptors (Lipinski definition) is 7. The molecular weight excluding hydrogens is 1010 g/mol. The number of aliphatic hydroxyl groups excluding tert-OH is 1. The highest BCUT2D eigenvalue weighted by molar-refractivity contribution is 6.01. The van der Waals surface area contributed by atoms with Gasteiger partial charge in [0.1, 0.15) is 0 Å². The third kappa shape index (κ3) is 7.67. The standard InChI is InChI=1S/C35H46N2O4.C32H44F2N2O3/c1-21-22-8-9-32(5)26(31(22,4)16-24(36-7)28(21)39)14-25(38)27-23-15-30(2,3)10-12-35(23,13-11-33(27,32)6)29(40)37-17-34(18-37)19-41-20-34;1-18-19-9-10-29(5)23(28(19,4)17-21(35-8)25(18)38)15-22(37)24-20-16-27(2,3)11-13-32(20,14-12-30(24,29)6)36-26(39)31(7,33)34/h14,16,21-23,27H,8-13,15,17-20H2,1-6H3;15,18-20,24,38H,9-14,16-17H2,1-7H3,(H,36,39)/t21-,22-,23-,27-,31-,32+,33+,35-;18-,19-,20-,24-,28-,29+,30+,32-/m00/s1. The van der Waals surface area contributed by atoms with Gasteiger partial charge in [-0.2, -0.15) is 8.78 Å². The van der Waals surface area contributed by atoms with Crippen LogP contribution in [0.1, 0.15) is 186 Å². The molecule has 8 fully saturated rings. The fraction of sp³-hybridized carbons (Fsp3) is 0.776. The van der Waals surface area contributed by atoms with Crippen molar-refractivity contribution in [3.05, 3.63) is 69.4 Å². The van der Waals surface area contributed by atoms with Crippen LogP contribution in [0, 0.1) is 115 Å². The summed E-state index contributed by atoms with van der Waals surface area (Å²) in [7, 11) is 0. The number of nitrogens with zero attached hydrogens (tertiary/aromatic N) is 3. The molecule has 0 unspecified atom stereocenters. The fourth-order valence-electron chi connectivity index (χ4n) is 21.4. The first-order valence-electron chi connectivity index (χ1n) is 30.6. The van der Waals surface area contributed by atoms with Crippen LogP contribution in [0.3, 0.4) is 0 Å². The number of amides is 2. The average Bonchev–Trinajstić information content (AvgIpc) is 3.55. The van der Waals surface area contributed by atoms with E-state index in [2.05, 4.69) is 89.1 Å². The summed E-state index contributed by atoms with van der Waals surface area (Å²) in [6.45, 7) is 45.7. The number of aliphatic hydroxyl groups is 1. The summed E-state index contributed by atoms with van der Waals surface area (Å²) < 4.78 is 33.8. The van der Waals surface area contributed by atoms with Gasteiger partial charge in [0.05, 0.1) is 42.9 Å². The second-order valence-corrected chi connectivity index (χ2v) is 31.8. The van der Waals surface area contributed by atoms with Gasteiger partial charge in [0.2, 0.25) is 17.3 Å². The number of fused-ring (bicyclic) bond motifs is 14. The van der Waals surface area contributed by atoms with Gasteiger partial charge in [0.25, 0.3) is 5.91 Å². The van der Waals surface area contributed by atoms with Gasteiger partial charge < -0.3 is 24.9 Å². The van der Waals surface area contributed by atoms with E-state index in [9.17, 15) is 37.9 Å². The summed E-state index contributed by atoms with van der Waals surface area (Å²) in [6, 6.07) is 0. The number of rotatable bonds is 3. The van der Waals surface area contributed by atoms with Crippen LogP contribution in [-0.2, 0) is 28.7 Å². The van der Waals surface area contributed by atoms with Crippen molar-refractivity contribution in [1.82, 2.24) is 10.2 Å². The number of ether oxygens (including phenoxy) is 1. The molecule has 2 heterocycles. The van der Waals surface area contributed by atoms with E-state index in [1.807, 2.05) is 32.1 Å². The quantitative estimate of drug-likeness (QED) is 0.268. The lowest BCUT2D eigenvalue weighted by atomic mass is 9.34. The van der Waals surface area contributed by atoms with Crippen molar-refractivity contribution < 1.29 is 42.6 Å². The zero-order valence-corrected chi connectivity index (χ0v) is 50.3. The molecule has 0 aromatic carbocycles. The zero-order chi connectivity index (χ0) is 58.4. The van der Waals surface area contributed by atoms with Crippen LogP contribution in [0.2, 0.25) is 0 Å². The minimum atomic E-state index is -3.48. The fourth-order valence-corrected chi connectivity index (χ4v) is 21.4. The van der Waals surface area contributed by atoms with Crippen LogP contribution < -0.4 is 5.32 Å². The number of nitrogens with one attached hydrogen (secondary N) is 1. The van der Waals surface area contributed by atoms with Gasteiger partial charge in [0, 0.05) is 54.6 Å². The Morgan fingerprint density at radius 3 is 1.80 bits per heavy atom. The Bertz CT molecular complexity index is 2980. The van der Waals surface area contributed by atoms with E-state index >= 15 is 0 Å². The molecule has 2 amide bonds. The molecule has 0 aromatic rings. The highest BCUT2D eigenvalue weighted by Gasteiger charge is 2.73. The van der Waals surface area contributed by atoms with Crippen LogP contribution in [0.15, 0.2) is 46.5 Å². The van der Waals surface area contributed by atoms with E-state index in [1.54, 1.807) is 0 Å². The van der Waals surface area contributed by atoms with Gasteiger partial charge >= 0.3 is 5.92 Å². The average molecular weight is 1100 g/mol. The lowest BCUT2D eigenvalue weighted by Crippen LogP contribution is -2.71. The van der Waals surface area contributed by atoms with Gasteiger partial charge in [-0.3, -0.25) is 19.2 Å². The van der Waals surface area contributed by atoms with Crippen molar-refractivity contribution in [3.63, 3.8) is 0 Å². The van der Waals surface area contributed by atoms with Crippen LogP contribution >= 0.6 is 0 Å². The van der Waals surface area contributed by atoms with Crippen LogP contribution in [0.25, 0.3) is 9.69 Å². The van der Waals surface area contributed by atoms with E-state index in [1.165, 1.54) is 0 Å². The number of alkyl halides is 2. The van der Waals surface area contributed by atoms with Crippen molar-refractivity contribution in [2.75, 3.05) is 26.3 Å². The van der Waals surface area contributed by atoms with E-state index in [4.69, 9.17) is 17.9 Å². The number of carbonyl (C=O) groups is 5. The van der Waals surface area contributed by atoms with Crippen molar-refractivity contribution in [2.45, 2.75) is 198 Å². The van der Waals surface area contributed by atoms with Crippen LogP contribution in [-0.4, -0.2) is 76.9 Å². The molecule has 13 heteroatoms. The molecule has 12 aliphatic rings. The summed E-state index contributed by atoms with van der Waals surface area (Å²) in [5.41, 5.74) is -0.370. The molecule has 6 saturated carbocycles. The Hall–Kier alpha value is -4.49. The van der Waals surface area contributed by atoms with E-state index < -0.39 is 39.0 Å². The first kappa shape index (κ1) is 57.3. The number of halogens is 2. The second kappa shape index (κ2) is 17.8. The molecular formula is C67H90F2N4O7. The number of allylic oxidation sites excluding steroid dienone is 8. The van der Waals surface area contributed by atoms with Gasteiger partial charge in [-0.05, 0) is 170 Å². The summed E-state index contributed by atoms with van der Waals surface area (Å²) >= 11 is 0. The molecule has 1 spiro atoms. The molecule has 2 N–H and O–H groups in total. The number of likely N-dealkylation sites (tertiary alicyclic amines) is 1. The summed E-state index contributed by atoms with van der Waals surface area (Å²) in [5, 5.41) is 13.6. The van der Waals surface area contributed by atoms with Crippen LogP contribution in [0.4, 0.5) is 8.78 Å². The SMILES string of the molecule is [C-]#[N+]C1=C(O)[C@@H](C)[C@@H]2CC[C@]3(C)C(=CC(=O)[C@@H]4[C@@H]5CC(C)(C)CC[C@]5(NC(=O)C(C)(F)F)CC[C@]43C)[C@@]2(C)C1.[C-]#[N+]C1=C[C@]2(C)C3=CC(=O)[C@@H]4[C@@H]5CC(C)(C)CC[C@]5(C(=O)N5CC6(COC6)C5)CC[C@@]4(C)[C@]3(C)CC[C@H]2[C@H](C)C1=O. The maximum Gasteiger partial charge on any atom is 0.321 e. The van der Waals surface area contributed by atoms with Crippen molar-refractivity contribution >= 4 is 29.2 Å². The Balaban J connectivity index is 0.000000169. The van der Waals surface area contributed by atoms with Crippen molar-refractivity contribution in [2.24, 2.45) is 101 Å². The predicted octanol–water partition coefficient (Wildman–Crippen LogP) is 13.4.